The van der Waals surface area contributed by atoms with Gasteiger partial charge in [-0.05, 0) is 25.0 Å². The Morgan fingerprint density at radius 1 is 1.40 bits per heavy atom. The molecule has 108 valence electrons. The van der Waals surface area contributed by atoms with Crippen molar-refractivity contribution in [3.05, 3.63) is 39.7 Å². The molecule has 0 aliphatic heterocycles. The van der Waals surface area contributed by atoms with E-state index < -0.39 is 28.4 Å². The first kappa shape index (κ1) is 14.4. The van der Waals surface area contributed by atoms with Gasteiger partial charge in [0.1, 0.15) is 0 Å². The fraction of sp³-hybridized carbons (Fsp3) is 0.462. The molecule has 1 aliphatic rings. The maximum absolute atomic E-state index is 13.4. The number of benzene rings is 1. The SMILES string of the molecule is O=C(N[C@H]1CCCC[C@@H]1O)c1ccc([N+](=O)[O-])c(F)c1. The maximum atomic E-state index is 13.4. The number of amides is 1. The average molecular weight is 282 g/mol. The Balaban J connectivity index is 2.09. The van der Waals surface area contributed by atoms with Crippen molar-refractivity contribution >= 4 is 11.6 Å². The fourth-order valence-electron chi connectivity index (χ4n) is 2.33. The number of nitro benzene ring substituents is 1. The van der Waals surface area contributed by atoms with Gasteiger partial charge in [-0.3, -0.25) is 14.9 Å². The number of nitrogens with zero attached hydrogens (tertiary/aromatic N) is 1. The smallest absolute Gasteiger partial charge is 0.304 e. The van der Waals surface area contributed by atoms with Gasteiger partial charge >= 0.3 is 5.69 Å². The topological polar surface area (TPSA) is 92.5 Å². The van der Waals surface area contributed by atoms with E-state index in [0.717, 1.165) is 25.0 Å². The number of nitrogens with one attached hydrogen (secondary N) is 1. The lowest BCUT2D eigenvalue weighted by Gasteiger charge is -2.28. The second-order valence-electron chi connectivity index (χ2n) is 4.86. The number of aliphatic hydroxyl groups excluding tert-OH is 1. The van der Waals surface area contributed by atoms with Gasteiger partial charge < -0.3 is 10.4 Å². The minimum atomic E-state index is -1.05. The van der Waals surface area contributed by atoms with Gasteiger partial charge in [-0.1, -0.05) is 12.8 Å². The zero-order valence-corrected chi connectivity index (χ0v) is 10.7. The molecule has 20 heavy (non-hydrogen) atoms. The Morgan fingerprint density at radius 2 is 2.10 bits per heavy atom. The first-order chi connectivity index (χ1) is 9.49. The van der Waals surface area contributed by atoms with Crippen LogP contribution >= 0.6 is 0 Å². The van der Waals surface area contributed by atoms with Crippen LogP contribution in [0.1, 0.15) is 36.0 Å². The summed E-state index contributed by atoms with van der Waals surface area (Å²) in [6.07, 6.45) is 2.52. The standard InChI is InChI=1S/C13H15FN2O4/c14-9-7-8(5-6-11(9)16(19)20)13(18)15-10-3-1-2-4-12(10)17/h5-7,10,12,17H,1-4H2,(H,15,18)/t10-,12-/m0/s1. The molecule has 0 radical (unpaired) electrons. The van der Waals surface area contributed by atoms with E-state index in [4.69, 9.17) is 0 Å². The predicted molar refractivity (Wildman–Crippen MR) is 68.8 cm³/mol. The molecule has 1 amide bonds. The number of carbonyl (C=O) groups is 1. The van der Waals surface area contributed by atoms with E-state index in [-0.39, 0.29) is 11.6 Å². The Kier molecular flexibility index (Phi) is 4.29. The van der Waals surface area contributed by atoms with Gasteiger partial charge in [0.15, 0.2) is 0 Å². The van der Waals surface area contributed by atoms with Crippen LogP contribution in [0.4, 0.5) is 10.1 Å². The van der Waals surface area contributed by atoms with E-state index in [1.165, 1.54) is 6.07 Å². The first-order valence-corrected chi connectivity index (χ1v) is 6.42. The monoisotopic (exact) mass is 282 g/mol. The van der Waals surface area contributed by atoms with E-state index >= 15 is 0 Å². The highest BCUT2D eigenvalue weighted by molar-refractivity contribution is 5.94. The minimum Gasteiger partial charge on any atom is -0.391 e. The second kappa shape index (κ2) is 5.96. The van der Waals surface area contributed by atoms with Crippen molar-refractivity contribution in [1.29, 1.82) is 0 Å². The third-order valence-electron chi connectivity index (χ3n) is 3.45. The van der Waals surface area contributed by atoms with Gasteiger partial charge in [0.2, 0.25) is 5.82 Å². The summed E-state index contributed by atoms with van der Waals surface area (Å²) in [5, 5.41) is 22.9. The first-order valence-electron chi connectivity index (χ1n) is 6.42. The Bertz CT molecular complexity index is 535. The molecular formula is C13H15FN2O4. The number of rotatable bonds is 3. The summed E-state index contributed by atoms with van der Waals surface area (Å²) in [7, 11) is 0. The molecule has 1 saturated carbocycles. The molecule has 0 heterocycles. The molecule has 6 nitrogen and oxygen atoms in total. The highest BCUT2D eigenvalue weighted by Crippen LogP contribution is 2.20. The molecule has 0 spiro atoms. The van der Waals surface area contributed by atoms with Crippen LogP contribution in [0.15, 0.2) is 18.2 Å². The molecule has 0 saturated heterocycles. The zero-order valence-electron chi connectivity index (χ0n) is 10.7. The lowest BCUT2D eigenvalue weighted by Crippen LogP contribution is -2.45. The third kappa shape index (κ3) is 3.11. The van der Waals surface area contributed by atoms with E-state index in [1.54, 1.807) is 0 Å². The molecule has 1 fully saturated rings. The Hall–Kier alpha value is -2.02. The van der Waals surface area contributed by atoms with E-state index in [2.05, 4.69) is 5.32 Å². The summed E-state index contributed by atoms with van der Waals surface area (Å²) in [5.74, 6) is -1.59. The number of aliphatic hydroxyl groups is 1. The van der Waals surface area contributed by atoms with Gasteiger partial charge in [0, 0.05) is 11.6 Å². The lowest BCUT2D eigenvalue weighted by molar-refractivity contribution is -0.387. The molecule has 1 aromatic rings. The van der Waals surface area contributed by atoms with E-state index in [9.17, 15) is 24.4 Å². The van der Waals surface area contributed by atoms with Crippen molar-refractivity contribution in [3.8, 4) is 0 Å². The number of halogens is 1. The number of carbonyl (C=O) groups excluding carboxylic acids is 1. The summed E-state index contributed by atoms with van der Waals surface area (Å²) in [6, 6.07) is 2.64. The van der Waals surface area contributed by atoms with Crippen LogP contribution in [0.2, 0.25) is 0 Å². The van der Waals surface area contributed by atoms with E-state index in [1.807, 2.05) is 0 Å². The van der Waals surface area contributed by atoms with E-state index in [0.29, 0.717) is 12.8 Å². The maximum Gasteiger partial charge on any atom is 0.304 e. The van der Waals surface area contributed by atoms with Gasteiger partial charge in [0.05, 0.1) is 17.1 Å². The fourth-order valence-corrected chi connectivity index (χ4v) is 2.33. The molecule has 0 bridgehead atoms. The summed E-state index contributed by atoms with van der Waals surface area (Å²) in [6.45, 7) is 0. The van der Waals surface area contributed by atoms with Crippen molar-refractivity contribution in [3.63, 3.8) is 0 Å². The Morgan fingerprint density at radius 3 is 2.70 bits per heavy atom. The van der Waals surface area contributed by atoms with Gasteiger partial charge in [-0.25, -0.2) is 0 Å². The Labute approximate surface area is 114 Å². The molecule has 0 aromatic heterocycles. The number of hydrogen-bond donors (Lipinski definition) is 2. The van der Waals surface area contributed by atoms with Crippen molar-refractivity contribution in [2.75, 3.05) is 0 Å². The number of hydrogen-bond acceptors (Lipinski definition) is 4. The highest BCUT2D eigenvalue weighted by Gasteiger charge is 2.25. The third-order valence-corrected chi connectivity index (χ3v) is 3.45. The summed E-state index contributed by atoms with van der Waals surface area (Å²) in [4.78, 5) is 21.6. The highest BCUT2D eigenvalue weighted by atomic mass is 19.1. The second-order valence-corrected chi connectivity index (χ2v) is 4.86. The molecule has 2 N–H and O–H groups in total. The van der Waals surface area contributed by atoms with Crippen LogP contribution in [0.5, 0.6) is 0 Å². The van der Waals surface area contributed by atoms with Crippen LogP contribution in [0, 0.1) is 15.9 Å². The van der Waals surface area contributed by atoms with Crippen LogP contribution in [0.25, 0.3) is 0 Å². The molecule has 7 heteroatoms. The van der Waals surface area contributed by atoms with Gasteiger partial charge in [0.25, 0.3) is 5.91 Å². The van der Waals surface area contributed by atoms with Gasteiger partial charge in [-0.2, -0.15) is 4.39 Å². The molecular weight excluding hydrogens is 267 g/mol. The van der Waals surface area contributed by atoms with Crippen molar-refractivity contribution in [1.82, 2.24) is 5.32 Å². The van der Waals surface area contributed by atoms with Crippen LogP contribution in [0.3, 0.4) is 0 Å². The molecule has 1 aliphatic carbocycles. The normalized spacial score (nSPS) is 22.3. The molecule has 2 rings (SSSR count). The predicted octanol–water partition coefficient (Wildman–Crippen LogP) is 1.77. The molecule has 0 unspecified atom stereocenters. The quantitative estimate of drug-likeness (QED) is 0.652. The molecule has 1 aromatic carbocycles. The average Bonchev–Trinajstić information content (AvgIpc) is 2.40. The van der Waals surface area contributed by atoms with Crippen molar-refractivity contribution in [2.24, 2.45) is 0 Å². The van der Waals surface area contributed by atoms with Crippen molar-refractivity contribution in [2.45, 2.75) is 37.8 Å². The van der Waals surface area contributed by atoms with Crippen LogP contribution in [-0.4, -0.2) is 28.1 Å². The molecule has 2 atom stereocenters. The van der Waals surface area contributed by atoms with Gasteiger partial charge in [-0.15, -0.1) is 0 Å². The van der Waals surface area contributed by atoms with Crippen LogP contribution in [-0.2, 0) is 0 Å². The minimum absolute atomic E-state index is 0.00544. The largest absolute Gasteiger partial charge is 0.391 e. The number of nitro groups is 1. The summed E-state index contributed by atoms with van der Waals surface area (Å²) in [5.41, 5.74) is -0.662. The summed E-state index contributed by atoms with van der Waals surface area (Å²) >= 11 is 0. The van der Waals surface area contributed by atoms with Crippen LogP contribution < -0.4 is 5.32 Å². The zero-order chi connectivity index (χ0) is 14.7. The lowest BCUT2D eigenvalue weighted by atomic mass is 9.92. The summed E-state index contributed by atoms with van der Waals surface area (Å²) < 4.78 is 13.4. The van der Waals surface area contributed by atoms with Crippen molar-refractivity contribution < 1.29 is 19.2 Å².